The van der Waals surface area contributed by atoms with Crippen molar-refractivity contribution in [3.63, 3.8) is 0 Å². The van der Waals surface area contributed by atoms with E-state index < -0.39 is 0 Å². The van der Waals surface area contributed by atoms with E-state index in [0.717, 1.165) is 5.69 Å². The van der Waals surface area contributed by atoms with Crippen molar-refractivity contribution in [2.45, 2.75) is 12.8 Å². The van der Waals surface area contributed by atoms with Crippen LogP contribution in [-0.4, -0.2) is 31.2 Å². The zero-order chi connectivity index (χ0) is 11.6. The molecular formula is C11H16N2O3. The molecule has 0 aromatic carbocycles. The van der Waals surface area contributed by atoms with Crippen LogP contribution in [0.5, 0.6) is 0 Å². The van der Waals surface area contributed by atoms with Crippen molar-refractivity contribution in [2.24, 2.45) is 0 Å². The summed E-state index contributed by atoms with van der Waals surface area (Å²) >= 11 is 0. The molecule has 5 nitrogen and oxygen atoms in total. The van der Waals surface area contributed by atoms with Crippen LogP contribution in [0.4, 0.5) is 0 Å². The van der Waals surface area contributed by atoms with Crippen LogP contribution in [0.2, 0.25) is 0 Å². The van der Waals surface area contributed by atoms with E-state index in [-0.39, 0.29) is 5.91 Å². The Morgan fingerprint density at radius 2 is 2.31 bits per heavy atom. The summed E-state index contributed by atoms with van der Waals surface area (Å²) in [5.41, 5.74) is 3.24. The van der Waals surface area contributed by atoms with Crippen molar-refractivity contribution in [1.29, 1.82) is 0 Å². The molecule has 16 heavy (non-hydrogen) atoms. The number of nitrogens with zero attached hydrogens (tertiary/aromatic N) is 1. The molecule has 88 valence electrons. The zero-order valence-electron chi connectivity index (χ0n) is 9.31. The van der Waals surface area contributed by atoms with Crippen LogP contribution in [0.25, 0.3) is 0 Å². The van der Waals surface area contributed by atoms with Gasteiger partial charge in [0.15, 0.2) is 0 Å². The molecule has 0 spiro atoms. The summed E-state index contributed by atoms with van der Waals surface area (Å²) in [6.45, 7) is 0.812. The van der Waals surface area contributed by atoms with Gasteiger partial charge in [0.2, 0.25) is 5.91 Å². The Bertz CT molecular complexity index is 303. The van der Waals surface area contributed by atoms with Gasteiger partial charge >= 0.3 is 0 Å². The lowest BCUT2D eigenvalue weighted by Crippen LogP contribution is -2.25. The van der Waals surface area contributed by atoms with E-state index in [2.05, 4.69) is 10.5 Å². The highest BCUT2D eigenvalue weighted by atomic mass is 16.7. The summed E-state index contributed by atoms with van der Waals surface area (Å²) in [4.78, 5) is 20.3. The Kier molecular flexibility index (Phi) is 6.13. The van der Waals surface area contributed by atoms with Gasteiger partial charge in [-0.3, -0.25) is 14.6 Å². The highest BCUT2D eigenvalue weighted by Gasteiger charge is 2.02. The first-order valence-electron chi connectivity index (χ1n) is 5.12. The third-order valence-electron chi connectivity index (χ3n) is 1.91. The Labute approximate surface area is 94.7 Å². The van der Waals surface area contributed by atoms with Crippen molar-refractivity contribution in [3.8, 4) is 0 Å². The first-order valence-corrected chi connectivity index (χ1v) is 5.12. The first-order chi connectivity index (χ1) is 7.83. The number of nitrogens with one attached hydrogen (secondary N) is 1. The molecule has 1 heterocycles. The van der Waals surface area contributed by atoms with Crippen molar-refractivity contribution in [2.75, 3.05) is 20.3 Å². The smallest absolute Gasteiger partial charge is 0.243 e. The van der Waals surface area contributed by atoms with E-state index >= 15 is 0 Å². The summed E-state index contributed by atoms with van der Waals surface area (Å²) in [6, 6.07) is 5.63. The van der Waals surface area contributed by atoms with E-state index in [1.807, 2.05) is 18.2 Å². The van der Waals surface area contributed by atoms with Gasteiger partial charge in [0.25, 0.3) is 0 Å². The second kappa shape index (κ2) is 7.78. The predicted octanol–water partition coefficient (Wildman–Crippen LogP) is 0.708. The quantitative estimate of drug-likeness (QED) is 0.547. The van der Waals surface area contributed by atoms with Crippen LogP contribution in [-0.2, 0) is 20.8 Å². The number of rotatable bonds is 7. The number of methoxy groups -OCH3 is 1. The zero-order valence-corrected chi connectivity index (χ0v) is 9.31. The Morgan fingerprint density at radius 1 is 1.44 bits per heavy atom. The van der Waals surface area contributed by atoms with E-state index in [0.29, 0.717) is 26.1 Å². The van der Waals surface area contributed by atoms with E-state index in [4.69, 9.17) is 9.57 Å². The molecular weight excluding hydrogens is 208 g/mol. The summed E-state index contributed by atoms with van der Waals surface area (Å²) in [6.07, 6.45) is 2.69. The third-order valence-corrected chi connectivity index (χ3v) is 1.91. The fourth-order valence-corrected chi connectivity index (χ4v) is 1.10. The lowest BCUT2D eigenvalue weighted by atomic mass is 10.2. The van der Waals surface area contributed by atoms with Crippen molar-refractivity contribution in [1.82, 2.24) is 10.5 Å². The van der Waals surface area contributed by atoms with Gasteiger partial charge in [0, 0.05) is 25.4 Å². The van der Waals surface area contributed by atoms with Gasteiger partial charge in [-0.25, -0.2) is 5.48 Å². The molecule has 5 heteroatoms. The van der Waals surface area contributed by atoms with E-state index in [1.54, 1.807) is 13.3 Å². The minimum absolute atomic E-state index is 0.151. The molecule has 0 saturated carbocycles. The Morgan fingerprint density at radius 3 is 3.00 bits per heavy atom. The second-order valence-corrected chi connectivity index (χ2v) is 3.19. The number of hydroxylamine groups is 1. The number of hydrogen-bond donors (Lipinski definition) is 1. The molecule has 1 N–H and O–H groups in total. The van der Waals surface area contributed by atoms with E-state index in [9.17, 15) is 4.79 Å². The molecule has 0 atom stereocenters. The number of ether oxygens (including phenoxy) is 1. The minimum atomic E-state index is -0.151. The second-order valence-electron chi connectivity index (χ2n) is 3.19. The summed E-state index contributed by atoms with van der Waals surface area (Å²) in [5.74, 6) is -0.151. The predicted molar refractivity (Wildman–Crippen MR) is 58.5 cm³/mol. The minimum Gasteiger partial charge on any atom is -0.382 e. The number of carbonyl (C=O) groups is 1. The fraction of sp³-hybridized carbons (Fsp3) is 0.455. The largest absolute Gasteiger partial charge is 0.382 e. The molecule has 0 unspecified atom stereocenters. The van der Waals surface area contributed by atoms with Crippen LogP contribution < -0.4 is 5.48 Å². The summed E-state index contributed by atoms with van der Waals surface area (Å²) < 4.78 is 4.77. The monoisotopic (exact) mass is 224 g/mol. The molecule has 1 aromatic heterocycles. The third kappa shape index (κ3) is 5.43. The summed E-state index contributed by atoms with van der Waals surface area (Å²) in [7, 11) is 1.58. The highest BCUT2D eigenvalue weighted by Crippen LogP contribution is 1.97. The molecule has 0 aliphatic carbocycles. The number of aryl methyl sites for hydroxylation is 1. The maximum Gasteiger partial charge on any atom is 0.243 e. The molecule has 0 aliphatic rings. The fourth-order valence-electron chi connectivity index (χ4n) is 1.10. The molecule has 1 amide bonds. The normalized spacial score (nSPS) is 10.1. The summed E-state index contributed by atoms with van der Waals surface area (Å²) in [5, 5.41) is 0. The molecule has 0 fully saturated rings. The van der Waals surface area contributed by atoms with E-state index in [1.165, 1.54) is 0 Å². The number of aromatic nitrogens is 1. The molecule has 0 bridgehead atoms. The van der Waals surface area contributed by atoms with Crippen molar-refractivity contribution in [3.05, 3.63) is 30.1 Å². The van der Waals surface area contributed by atoms with Gasteiger partial charge < -0.3 is 4.74 Å². The molecule has 0 saturated heterocycles. The van der Waals surface area contributed by atoms with Crippen LogP contribution in [0.3, 0.4) is 0 Å². The number of carbonyl (C=O) groups excluding carboxylic acids is 1. The Balaban J connectivity index is 2.11. The van der Waals surface area contributed by atoms with Crippen molar-refractivity contribution < 1.29 is 14.4 Å². The van der Waals surface area contributed by atoms with Crippen LogP contribution >= 0.6 is 0 Å². The lowest BCUT2D eigenvalue weighted by Gasteiger charge is -2.04. The maximum absolute atomic E-state index is 11.3. The standard InChI is InChI=1S/C11H16N2O3/c1-15-8-9-16-13-11(14)6-5-10-4-2-3-7-12-10/h2-4,7H,5-6,8-9H2,1H3,(H,13,14). The van der Waals surface area contributed by atoms with Crippen LogP contribution in [0.1, 0.15) is 12.1 Å². The topological polar surface area (TPSA) is 60.5 Å². The molecule has 0 aliphatic heterocycles. The number of amides is 1. The van der Waals surface area contributed by atoms with Gasteiger partial charge in [0.1, 0.15) is 0 Å². The van der Waals surface area contributed by atoms with Gasteiger partial charge in [-0.15, -0.1) is 0 Å². The van der Waals surface area contributed by atoms with Gasteiger partial charge in [0.05, 0.1) is 13.2 Å². The SMILES string of the molecule is COCCONC(=O)CCc1ccccn1. The van der Waals surface area contributed by atoms with Gasteiger partial charge in [-0.1, -0.05) is 6.07 Å². The average Bonchev–Trinajstić information content (AvgIpc) is 2.33. The van der Waals surface area contributed by atoms with Crippen LogP contribution in [0.15, 0.2) is 24.4 Å². The first kappa shape index (κ1) is 12.6. The Hall–Kier alpha value is -1.46. The number of pyridine rings is 1. The van der Waals surface area contributed by atoms with Gasteiger partial charge in [-0.05, 0) is 18.6 Å². The van der Waals surface area contributed by atoms with Crippen LogP contribution in [0, 0.1) is 0 Å². The molecule has 0 radical (unpaired) electrons. The highest BCUT2D eigenvalue weighted by molar-refractivity contribution is 5.74. The maximum atomic E-state index is 11.3. The molecule has 1 aromatic rings. The lowest BCUT2D eigenvalue weighted by molar-refractivity contribution is -0.134. The molecule has 1 rings (SSSR count). The number of hydrogen-bond acceptors (Lipinski definition) is 4. The van der Waals surface area contributed by atoms with Gasteiger partial charge in [-0.2, -0.15) is 0 Å². The average molecular weight is 224 g/mol. The van der Waals surface area contributed by atoms with Crippen molar-refractivity contribution >= 4 is 5.91 Å².